The maximum absolute atomic E-state index is 13.5. The third-order valence-corrected chi connectivity index (χ3v) is 5.40. The smallest absolute Gasteiger partial charge is 0.150 e. The summed E-state index contributed by atoms with van der Waals surface area (Å²) >= 11 is 0. The summed E-state index contributed by atoms with van der Waals surface area (Å²) in [6, 6.07) is 6.43. The molecule has 2 unspecified atom stereocenters. The Kier molecular flexibility index (Phi) is 4.02. The van der Waals surface area contributed by atoms with Crippen molar-refractivity contribution in [1.29, 1.82) is 0 Å². The predicted molar refractivity (Wildman–Crippen MR) is 67.4 cm³/mol. The molecule has 1 aromatic carbocycles. The lowest BCUT2D eigenvalue weighted by molar-refractivity contribution is 0.183. The predicted octanol–water partition coefficient (Wildman–Crippen LogP) is 1.41. The van der Waals surface area contributed by atoms with Crippen molar-refractivity contribution in [3.8, 4) is 0 Å². The molecule has 0 radical (unpaired) electrons. The number of sulfone groups is 1. The van der Waals surface area contributed by atoms with Crippen LogP contribution in [0.1, 0.15) is 12.0 Å². The van der Waals surface area contributed by atoms with Gasteiger partial charge < -0.3 is 5.11 Å². The molecule has 1 saturated heterocycles. The summed E-state index contributed by atoms with van der Waals surface area (Å²) in [5.74, 6) is -0.228. The van der Waals surface area contributed by atoms with Crippen LogP contribution >= 0.6 is 0 Å². The molecule has 18 heavy (non-hydrogen) atoms. The van der Waals surface area contributed by atoms with Crippen molar-refractivity contribution in [1.82, 2.24) is 0 Å². The number of benzene rings is 1. The summed E-state index contributed by atoms with van der Waals surface area (Å²) in [6.45, 7) is -0.103. The van der Waals surface area contributed by atoms with Gasteiger partial charge in [0.15, 0.2) is 9.84 Å². The van der Waals surface area contributed by atoms with E-state index in [1.807, 2.05) is 0 Å². The lowest BCUT2D eigenvalue weighted by Crippen LogP contribution is -2.22. The molecular formula is C13H17FO3S. The van der Waals surface area contributed by atoms with Crippen molar-refractivity contribution in [2.75, 3.05) is 18.1 Å². The van der Waals surface area contributed by atoms with E-state index in [1.165, 1.54) is 6.07 Å². The Morgan fingerprint density at radius 3 is 2.67 bits per heavy atom. The van der Waals surface area contributed by atoms with E-state index in [0.29, 0.717) is 18.4 Å². The van der Waals surface area contributed by atoms with E-state index in [4.69, 9.17) is 0 Å². The Hall–Kier alpha value is -0.940. The van der Waals surface area contributed by atoms with Gasteiger partial charge in [-0.05, 0) is 36.3 Å². The highest BCUT2D eigenvalue weighted by Gasteiger charge is 2.33. The van der Waals surface area contributed by atoms with E-state index in [1.54, 1.807) is 18.2 Å². The van der Waals surface area contributed by atoms with Gasteiger partial charge in [-0.3, -0.25) is 0 Å². The number of aliphatic hydroxyl groups excluding tert-OH is 1. The third kappa shape index (κ3) is 3.09. The second-order valence-corrected chi connectivity index (χ2v) is 7.13. The number of halogens is 1. The highest BCUT2D eigenvalue weighted by molar-refractivity contribution is 7.91. The molecule has 0 saturated carbocycles. The molecule has 2 atom stereocenters. The van der Waals surface area contributed by atoms with Crippen LogP contribution in [-0.2, 0) is 16.3 Å². The molecule has 0 aliphatic carbocycles. The fourth-order valence-electron chi connectivity index (χ4n) is 2.52. The zero-order chi connectivity index (χ0) is 13.2. The van der Waals surface area contributed by atoms with Crippen molar-refractivity contribution in [2.45, 2.75) is 12.8 Å². The number of rotatable bonds is 4. The van der Waals surface area contributed by atoms with Gasteiger partial charge in [0.25, 0.3) is 0 Å². The molecule has 0 bridgehead atoms. The lowest BCUT2D eigenvalue weighted by Gasteiger charge is -2.20. The van der Waals surface area contributed by atoms with Gasteiger partial charge in [0, 0.05) is 6.61 Å². The van der Waals surface area contributed by atoms with Gasteiger partial charge in [-0.15, -0.1) is 0 Å². The summed E-state index contributed by atoms with van der Waals surface area (Å²) in [4.78, 5) is 0. The first kappa shape index (κ1) is 13.5. The van der Waals surface area contributed by atoms with Crippen LogP contribution in [0.5, 0.6) is 0 Å². The topological polar surface area (TPSA) is 54.4 Å². The molecular weight excluding hydrogens is 255 g/mol. The molecule has 0 aromatic heterocycles. The van der Waals surface area contributed by atoms with Crippen LogP contribution in [0.25, 0.3) is 0 Å². The minimum absolute atomic E-state index is 0.0559. The Bertz CT molecular complexity index is 513. The van der Waals surface area contributed by atoms with Gasteiger partial charge in [0.05, 0.1) is 11.5 Å². The minimum Gasteiger partial charge on any atom is -0.396 e. The van der Waals surface area contributed by atoms with E-state index in [2.05, 4.69) is 0 Å². The van der Waals surface area contributed by atoms with Crippen molar-refractivity contribution < 1.29 is 17.9 Å². The average molecular weight is 272 g/mol. The Morgan fingerprint density at radius 1 is 1.39 bits per heavy atom. The fourth-order valence-corrected chi connectivity index (χ4v) is 4.44. The van der Waals surface area contributed by atoms with E-state index >= 15 is 0 Å². The molecule has 0 amide bonds. The number of hydrogen-bond donors (Lipinski definition) is 1. The van der Waals surface area contributed by atoms with E-state index < -0.39 is 9.84 Å². The van der Waals surface area contributed by atoms with Crippen molar-refractivity contribution in [2.24, 2.45) is 11.8 Å². The first-order chi connectivity index (χ1) is 8.52. The lowest BCUT2D eigenvalue weighted by atomic mass is 9.87. The molecule has 100 valence electrons. The molecule has 1 heterocycles. The zero-order valence-corrected chi connectivity index (χ0v) is 10.9. The maximum atomic E-state index is 13.5. The first-order valence-corrected chi connectivity index (χ1v) is 7.88. The normalized spacial score (nSPS) is 24.0. The van der Waals surface area contributed by atoms with Crippen molar-refractivity contribution >= 4 is 9.84 Å². The largest absolute Gasteiger partial charge is 0.396 e. The molecule has 1 aromatic rings. The van der Waals surface area contributed by atoms with Crippen LogP contribution in [0.4, 0.5) is 4.39 Å². The summed E-state index contributed by atoms with van der Waals surface area (Å²) in [5.41, 5.74) is 0.542. The van der Waals surface area contributed by atoms with Crippen LogP contribution < -0.4 is 0 Å². The monoisotopic (exact) mass is 272 g/mol. The van der Waals surface area contributed by atoms with E-state index in [9.17, 15) is 17.9 Å². The summed E-state index contributed by atoms with van der Waals surface area (Å²) in [6.07, 6.45) is 0.964. The summed E-state index contributed by atoms with van der Waals surface area (Å²) in [5, 5.41) is 9.39. The van der Waals surface area contributed by atoms with Crippen LogP contribution in [0.2, 0.25) is 0 Å². The molecule has 1 aliphatic heterocycles. The number of hydrogen-bond acceptors (Lipinski definition) is 3. The summed E-state index contributed by atoms with van der Waals surface area (Å²) < 4.78 is 36.4. The molecule has 5 heteroatoms. The van der Waals surface area contributed by atoms with E-state index in [0.717, 1.165) is 0 Å². The van der Waals surface area contributed by atoms with Crippen LogP contribution in [0.15, 0.2) is 24.3 Å². The molecule has 0 spiro atoms. The third-order valence-electron chi connectivity index (χ3n) is 3.61. The highest BCUT2D eigenvalue weighted by Crippen LogP contribution is 2.28. The Morgan fingerprint density at radius 2 is 2.11 bits per heavy atom. The second kappa shape index (κ2) is 5.36. The molecule has 3 nitrogen and oxygen atoms in total. The molecule has 1 fully saturated rings. The standard InChI is InChI=1S/C13H17FO3S/c14-13-4-2-1-3-10(13)7-12(8-15)11-5-6-18(16,17)9-11/h1-4,11-12,15H,5-9H2. The van der Waals surface area contributed by atoms with Gasteiger partial charge in [0.1, 0.15) is 5.82 Å². The number of aliphatic hydroxyl groups is 1. The van der Waals surface area contributed by atoms with Gasteiger partial charge >= 0.3 is 0 Å². The quantitative estimate of drug-likeness (QED) is 0.901. The van der Waals surface area contributed by atoms with Gasteiger partial charge in [-0.25, -0.2) is 12.8 Å². The Labute approximate surface area is 107 Å². The maximum Gasteiger partial charge on any atom is 0.150 e. The second-order valence-electron chi connectivity index (χ2n) is 4.90. The van der Waals surface area contributed by atoms with E-state index in [-0.39, 0.29) is 35.8 Å². The first-order valence-electron chi connectivity index (χ1n) is 6.06. The van der Waals surface area contributed by atoms with Crippen LogP contribution in [-0.4, -0.2) is 31.6 Å². The van der Waals surface area contributed by atoms with Gasteiger partial charge in [0.2, 0.25) is 0 Å². The SMILES string of the molecule is O=S1(=O)CCC(C(CO)Cc2ccccc2F)C1. The van der Waals surface area contributed by atoms with Crippen LogP contribution in [0, 0.1) is 17.7 Å². The zero-order valence-electron chi connectivity index (χ0n) is 10.0. The molecule has 1 N–H and O–H groups in total. The average Bonchev–Trinajstić information content (AvgIpc) is 2.68. The summed E-state index contributed by atoms with van der Waals surface area (Å²) in [7, 11) is -2.96. The van der Waals surface area contributed by atoms with Gasteiger partial charge in [-0.2, -0.15) is 0 Å². The van der Waals surface area contributed by atoms with Crippen molar-refractivity contribution in [3.05, 3.63) is 35.6 Å². The van der Waals surface area contributed by atoms with Crippen molar-refractivity contribution in [3.63, 3.8) is 0 Å². The minimum atomic E-state index is -2.96. The molecule has 2 rings (SSSR count). The van der Waals surface area contributed by atoms with Gasteiger partial charge in [-0.1, -0.05) is 18.2 Å². The fraction of sp³-hybridized carbons (Fsp3) is 0.538. The Balaban J connectivity index is 2.09. The van der Waals surface area contributed by atoms with Crippen LogP contribution in [0.3, 0.4) is 0 Å². The highest BCUT2D eigenvalue weighted by atomic mass is 32.2. The molecule has 1 aliphatic rings.